The summed E-state index contributed by atoms with van der Waals surface area (Å²) < 4.78 is 5.22. The number of hydrazone groups is 1. The first-order valence-electron chi connectivity index (χ1n) is 6.92. The van der Waals surface area contributed by atoms with Crippen molar-refractivity contribution in [3.63, 3.8) is 0 Å². The smallest absolute Gasteiger partial charge is 0.277 e. The number of hydrogen-bond acceptors (Lipinski definition) is 7. The number of carbonyl (C=O) groups is 1. The number of amides is 1. The van der Waals surface area contributed by atoms with Gasteiger partial charge in [0.15, 0.2) is 6.61 Å². The first-order valence-corrected chi connectivity index (χ1v) is 6.92. The topological polar surface area (TPSA) is 138 Å². The SMILES string of the molecule is N#Cc1ccccc1OCC(=O)N/N=C/c1cc([N+](=O)[O-])ccc1O. The lowest BCUT2D eigenvalue weighted by Gasteiger charge is -2.06. The minimum atomic E-state index is -0.615. The molecule has 126 valence electrons. The summed E-state index contributed by atoms with van der Waals surface area (Å²) in [5.74, 6) is -0.558. The molecule has 0 aliphatic heterocycles. The average Bonchev–Trinajstić information content (AvgIpc) is 2.61. The maximum atomic E-state index is 11.7. The van der Waals surface area contributed by atoms with E-state index in [1.54, 1.807) is 24.3 Å². The number of aromatic hydroxyl groups is 1. The van der Waals surface area contributed by atoms with E-state index in [1.165, 1.54) is 0 Å². The summed E-state index contributed by atoms with van der Waals surface area (Å²) in [5.41, 5.74) is 2.30. The van der Waals surface area contributed by atoms with Crippen LogP contribution in [0.1, 0.15) is 11.1 Å². The second-order valence-electron chi connectivity index (χ2n) is 4.69. The van der Waals surface area contributed by atoms with Crippen LogP contribution in [-0.2, 0) is 4.79 Å². The second-order valence-corrected chi connectivity index (χ2v) is 4.69. The number of benzene rings is 2. The molecule has 0 aromatic heterocycles. The number of nitriles is 1. The van der Waals surface area contributed by atoms with E-state index in [0.29, 0.717) is 5.56 Å². The van der Waals surface area contributed by atoms with E-state index in [4.69, 9.17) is 10.00 Å². The monoisotopic (exact) mass is 340 g/mol. The molecule has 0 aliphatic rings. The Labute approximate surface area is 141 Å². The zero-order valence-electron chi connectivity index (χ0n) is 12.7. The van der Waals surface area contributed by atoms with Crippen molar-refractivity contribution >= 4 is 17.8 Å². The number of nitrogens with one attached hydrogen (secondary N) is 1. The number of hydrogen-bond donors (Lipinski definition) is 2. The average molecular weight is 340 g/mol. The van der Waals surface area contributed by atoms with E-state index < -0.39 is 10.8 Å². The van der Waals surface area contributed by atoms with Gasteiger partial charge in [-0.1, -0.05) is 12.1 Å². The van der Waals surface area contributed by atoms with Crippen molar-refractivity contribution in [1.29, 1.82) is 5.26 Å². The van der Waals surface area contributed by atoms with Crippen LogP contribution in [-0.4, -0.2) is 28.8 Å². The zero-order chi connectivity index (χ0) is 18.2. The van der Waals surface area contributed by atoms with E-state index >= 15 is 0 Å². The molecule has 0 bridgehead atoms. The molecule has 0 spiro atoms. The molecule has 2 aromatic carbocycles. The Morgan fingerprint density at radius 3 is 2.88 bits per heavy atom. The Balaban J connectivity index is 1.94. The van der Waals surface area contributed by atoms with Crippen LogP contribution in [0.3, 0.4) is 0 Å². The number of phenolic OH excluding ortho intramolecular Hbond substituents is 1. The summed E-state index contributed by atoms with van der Waals surface area (Å²) in [6.45, 7) is -0.378. The van der Waals surface area contributed by atoms with Gasteiger partial charge >= 0.3 is 0 Å². The van der Waals surface area contributed by atoms with Crippen LogP contribution in [0.25, 0.3) is 0 Å². The summed E-state index contributed by atoms with van der Waals surface area (Å²) in [6.07, 6.45) is 1.07. The third-order valence-corrected chi connectivity index (χ3v) is 2.98. The molecule has 0 fully saturated rings. The number of para-hydroxylation sites is 1. The van der Waals surface area contributed by atoms with Crippen LogP contribution in [0, 0.1) is 21.4 Å². The Morgan fingerprint density at radius 2 is 2.16 bits per heavy atom. The number of phenols is 1. The number of nitro groups is 1. The molecule has 0 heterocycles. The number of carbonyl (C=O) groups excluding carboxylic acids is 1. The molecule has 0 saturated carbocycles. The van der Waals surface area contributed by atoms with E-state index in [-0.39, 0.29) is 29.4 Å². The van der Waals surface area contributed by atoms with Gasteiger partial charge in [0.2, 0.25) is 0 Å². The van der Waals surface area contributed by atoms with Crippen LogP contribution in [0.4, 0.5) is 5.69 Å². The first-order chi connectivity index (χ1) is 12.0. The zero-order valence-corrected chi connectivity index (χ0v) is 12.7. The lowest BCUT2D eigenvalue weighted by Crippen LogP contribution is -2.24. The highest BCUT2D eigenvalue weighted by Gasteiger charge is 2.09. The molecule has 2 rings (SSSR count). The predicted molar refractivity (Wildman–Crippen MR) is 87.1 cm³/mol. The van der Waals surface area contributed by atoms with E-state index in [2.05, 4.69) is 10.5 Å². The molecule has 25 heavy (non-hydrogen) atoms. The minimum absolute atomic E-state index is 0.0743. The van der Waals surface area contributed by atoms with Crippen molar-refractivity contribution in [3.8, 4) is 17.6 Å². The third kappa shape index (κ3) is 4.77. The minimum Gasteiger partial charge on any atom is -0.507 e. The quantitative estimate of drug-likeness (QED) is 0.466. The highest BCUT2D eigenvalue weighted by molar-refractivity contribution is 5.86. The highest BCUT2D eigenvalue weighted by Crippen LogP contribution is 2.21. The number of ether oxygens (including phenoxy) is 1. The summed E-state index contributed by atoms with van der Waals surface area (Å²) in [4.78, 5) is 21.7. The third-order valence-electron chi connectivity index (χ3n) is 2.98. The fraction of sp³-hybridized carbons (Fsp3) is 0.0625. The largest absolute Gasteiger partial charge is 0.507 e. The Morgan fingerprint density at radius 1 is 1.40 bits per heavy atom. The fourth-order valence-electron chi connectivity index (χ4n) is 1.79. The molecule has 0 aliphatic carbocycles. The van der Waals surface area contributed by atoms with Gasteiger partial charge in [-0.2, -0.15) is 10.4 Å². The molecule has 2 aromatic rings. The van der Waals surface area contributed by atoms with Crippen molar-refractivity contribution in [2.45, 2.75) is 0 Å². The van der Waals surface area contributed by atoms with Gasteiger partial charge < -0.3 is 9.84 Å². The molecule has 0 atom stereocenters. The lowest BCUT2D eigenvalue weighted by atomic mass is 10.2. The van der Waals surface area contributed by atoms with Gasteiger partial charge in [0.05, 0.1) is 16.7 Å². The van der Waals surface area contributed by atoms with Gasteiger partial charge in [-0.15, -0.1) is 0 Å². The van der Waals surface area contributed by atoms with Crippen molar-refractivity contribution < 1.29 is 19.6 Å². The number of non-ortho nitro benzene ring substituents is 1. The van der Waals surface area contributed by atoms with Gasteiger partial charge in [0.1, 0.15) is 17.6 Å². The standard InChI is InChI=1S/C16H12N4O5/c17-8-11-3-1-2-4-15(11)25-10-16(22)19-18-9-12-7-13(20(23)24)5-6-14(12)21/h1-7,9,21H,10H2,(H,19,22)/b18-9+. The summed E-state index contributed by atoms with van der Waals surface area (Å²) >= 11 is 0. The lowest BCUT2D eigenvalue weighted by molar-refractivity contribution is -0.384. The Hall–Kier alpha value is -3.93. The maximum Gasteiger partial charge on any atom is 0.277 e. The maximum absolute atomic E-state index is 11.7. The van der Waals surface area contributed by atoms with Crippen LogP contribution < -0.4 is 10.2 Å². The van der Waals surface area contributed by atoms with Crippen molar-refractivity contribution in [3.05, 3.63) is 63.7 Å². The first kappa shape index (κ1) is 17.4. The molecule has 1 amide bonds. The van der Waals surface area contributed by atoms with Crippen LogP contribution in [0.5, 0.6) is 11.5 Å². The van der Waals surface area contributed by atoms with E-state index in [9.17, 15) is 20.0 Å². The van der Waals surface area contributed by atoms with Gasteiger partial charge in [0.25, 0.3) is 11.6 Å². The molecule has 0 saturated heterocycles. The van der Waals surface area contributed by atoms with E-state index in [0.717, 1.165) is 24.4 Å². The summed E-state index contributed by atoms with van der Waals surface area (Å²) in [6, 6.07) is 11.8. The molecule has 9 heteroatoms. The molecule has 9 nitrogen and oxygen atoms in total. The van der Waals surface area contributed by atoms with Crippen LogP contribution in [0.2, 0.25) is 0 Å². The molecule has 0 radical (unpaired) electrons. The predicted octanol–water partition coefficient (Wildman–Crippen LogP) is 1.70. The summed E-state index contributed by atoms with van der Waals surface area (Å²) in [7, 11) is 0. The van der Waals surface area contributed by atoms with Crippen molar-refractivity contribution in [2.24, 2.45) is 5.10 Å². The Kier molecular flexibility index (Phi) is 5.63. The van der Waals surface area contributed by atoms with Gasteiger partial charge in [-0.05, 0) is 18.2 Å². The molecular formula is C16H12N4O5. The van der Waals surface area contributed by atoms with Crippen LogP contribution in [0.15, 0.2) is 47.6 Å². The molecule has 0 unspecified atom stereocenters. The number of rotatable bonds is 6. The van der Waals surface area contributed by atoms with Gasteiger partial charge in [0, 0.05) is 17.7 Å². The van der Waals surface area contributed by atoms with Gasteiger partial charge in [-0.25, -0.2) is 5.43 Å². The van der Waals surface area contributed by atoms with E-state index in [1.807, 2.05) is 6.07 Å². The van der Waals surface area contributed by atoms with Gasteiger partial charge in [-0.3, -0.25) is 14.9 Å². The highest BCUT2D eigenvalue weighted by atomic mass is 16.6. The Bertz CT molecular complexity index is 873. The van der Waals surface area contributed by atoms with Crippen molar-refractivity contribution in [2.75, 3.05) is 6.61 Å². The van der Waals surface area contributed by atoms with Crippen molar-refractivity contribution in [1.82, 2.24) is 5.43 Å². The fourth-order valence-corrected chi connectivity index (χ4v) is 1.79. The molecule has 2 N–H and O–H groups in total. The summed E-state index contributed by atoms with van der Waals surface area (Å²) in [5, 5.41) is 32.8. The van der Waals surface area contributed by atoms with Crippen LogP contribution >= 0.6 is 0 Å². The molecular weight excluding hydrogens is 328 g/mol. The second kappa shape index (κ2) is 8.07. The normalized spacial score (nSPS) is 10.2. The number of nitro benzene ring substituents is 1. The number of nitrogens with zero attached hydrogens (tertiary/aromatic N) is 3.